The van der Waals surface area contributed by atoms with Crippen molar-refractivity contribution in [1.29, 1.82) is 0 Å². The lowest BCUT2D eigenvalue weighted by Gasteiger charge is -2.30. The maximum absolute atomic E-state index is 12.5. The molecular formula is C15H16ClNO3. The number of hydrogen-bond donors (Lipinski definition) is 0. The van der Waals surface area contributed by atoms with Gasteiger partial charge in [-0.05, 0) is 18.7 Å². The van der Waals surface area contributed by atoms with Crippen LogP contribution >= 0.6 is 11.6 Å². The molecule has 1 aromatic heterocycles. The summed E-state index contributed by atoms with van der Waals surface area (Å²) in [4.78, 5) is 14.6. The van der Waals surface area contributed by atoms with Crippen LogP contribution in [-0.2, 0) is 4.74 Å². The minimum Gasteiger partial charge on any atom is -0.451 e. The average molecular weight is 294 g/mol. The van der Waals surface area contributed by atoms with Gasteiger partial charge < -0.3 is 9.15 Å². The third-order valence-electron chi connectivity index (χ3n) is 3.63. The van der Waals surface area contributed by atoms with Crippen LogP contribution in [0.4, 0.5) is 0 Å². The number of morpholine rings is 1. The molecule has 1 aliphatic heterocycles. The Labute approximate surface area is 122 Å². The first-order valence-corrected chi connectivity index (χ1v) is 7.13. The predicted octanol–water partition coefficient (Wildman–Crippen LogP) is 2.99. The number of carbonyl (C=O) groups is 1. The highest BCUT2D eigenvalue weighted by Gasteiger charge is 2.29. The summed E-state index contributed by atoms with van der Waals surface area (Å²) >= 11 is 6.06. The second-order valence-electron chi connectivity index (χ2n) is 4.89. The summed E-state index contributed by atoms with van der Waals surface area (Å²) in [5.41, 5.74) is 0.556. The van der Waals surface area contributed by atoms with Crippen LogP contribution in [0.3, 0.4) is 0 Å². The number of nitrogens with zero attached hydrogens (tertiary/aromatic N) is 1. The van der Waals surface area contributed by atoms with E-state index in [2.05, 4.69) is 11.8 Å². The van der Waals surface area contributed by atoms with Gasteiger partial charge in [0, 0.05) is 18.5 Å². The van der Waals surface area contributed by atoms with E-state index in [0.29, 0.717) is 29.5 Å². The Morgan fingerprint density at radius 1 is 1.50 bits per heavy atom. The van der Waals surface area contributed by atoms with Crippen molar-refractivity contribution in [3.63, 3.8) is 0 Å². The molecule has 0 bridgehead atoms. The number of likely N-dealkylation sites (N-methyl/N-ethyl adjacent to an activating group) is 1. The zero-order valence-corrected chi connectivity index (χ0v) is 12.0. The van der Waals surface area contributed by atoms with Crippen LogP contribution in [0.1, 0.15) is 17.5 Å². The van der Waals surface area contributed by atoms with Crippen LogP contribution < -0.4 is 0 Å². The Morgan fingerprint density at radius 2 is 2.35 bits per heavy atom. The summed E-state index contributed by atoms with van der Waals surface area (Å²) in [6, 6.07) is 7.20. The van der Waals surface area contributed by atoms with E-state index < -0.39 is 6.10 Å². The van der Waals surface area contributed by atoms with Crippen molar-refractivity contribution in [3.05, 3.63) is 35.0 Å². The van der Waals surface area contributed by atoms with Crippen molar-refractivity contribution in [2.24, 2.45) is 0 Å². The highest BCUT2D eigenvalue weighted by atomic mass is 35.5. The van der Waals surface area contributed by atoms with Gasteiger partial charge in [0.1, 0.15) is 6.10 Å². The molecular weight excluding hydrogens is 278 g/mol. The first kappa shape index (κ1) is 13.6. The van der Waals surface area contributed by atoms with Gasteiger partial charge in [-0.1, -0.05) is 30.7 Å². The lowest BCUT2D eigenvalue weighted by Crippen LogP contribution is -2.45. The Balaban J connectivity index is 1.86. The highest BCUT2D eigenvalue weighted by Crippen LogP contribution is 2.27. The number of furan rings is 1. The Morgan fingerprint density at radius 3 is 3.10 bits per heavy atom. The van der Waals surface area contributed by atoms with Gasteiger partial charge in [-0.3, -0.25) is 9.69 Å². The molecule has 1 saturated heterocycles. The van der Waals surface area contributed by atoms with Crippen molar-refractivity contribution in [2.75, 3.05) is 26.2 Å². The Hall–Kier alpha value is -1.36. The van der Waals surface area contributed by atoms with Crippen molar-refractivity contribution in [1.82, 2.24) is 4.90 Å². The third-order valence-corrected chi connectivity index (χ3v) is 3.93. The van der Waals surface area contributed by atoms with Gasteiger partial charge in [-0.25, -0.2) is 0 Å². The molecule has 0 saturated carbocycles. The highest BCUT2D eigenvalue weighted by molar-refractivity contribution is 6.34. The van der Waals surface area contributed by atoms with Crippen LogP contribution in [0.15, 0.2) is 28.7 Å². The van der Waals surface area contributed by atoms with Crippen molar-refractivity contribution in [3.8, 4) is 0 Å². The number of para-hydroxylation sites is 1. The fourth-order valence-corrected chi connectivity index (χ4v) is 2.68. The molecule has 2 aromatic rings. The average Bonchev–Trinajstić information content (AvgIpc) is 2.92. The Kier molecular flexibility index (Phi) is 3.78. The summed E-state index contributed by atoms with van der Waals surface area (Å²) in [5, 5.41) is 1.35. The number of ketones is 1. The number of benzene rings is 1. The molecule has 1 aromatic carbocycles. The van der Waals surface area contributed by atoms with Gasteiger partial charge in [0.2, 0.25) is 5.78 Å². The zero-order chi connectivity index (χ0) is 14.1. The van der Waals surface area contributed by atoms with Gasteiger partial charge in [-0.15, -0.1) is 0 Å². The second kappa shape index (κ2) is 5.56. The number of rotatable bonds is 3. The monoisotopic (exact) mass is 293 g/mol. The number of ether oxygens (including phenoxy) is 1. The van der Waals surface area contributed by atoms with E-state index in [1.165, 1.54) is 0 Å². The number of hydrogen-bond acceptors (Lipinski definition) is 4. The minimum absolute atomic E-state index is 0.115. The first-order chi connectivity index (χ1) is 9.69. The summed E-state index contributed by atoms with van der Waals surface area (Å²) in [5.74, 6) is 0.200. The number of carbonyl (C=O) groups excluding carboxylic acids is 1. The first-order valence-electron chi connectivity index (χ1n) is 6.75. The molecule has 1 fully saturated rings. The van der Waals surface area contributed by atoms with Crippen LogP contribution in [0.2, 0.25) is 5.02 Å². The third kappa shape index (κ3) is 2.46. The van der Waals surface area contributed by atoms with Gasteiger partial charge >= 0.3 is 0 Å². The zero-order valence-electron chi connectivity index (χ0n) is 11.3. The molecule has 1 aliphatic rings. The molecule has 1 atom stereocenters. The van der Waals surface area contributed by atoms with Crippen molar-refractivity contribution >= 4 is 28.4 Å². The lowest BCUT2D eigenvalue weighted by atomic mass is 10.1. The van der Waals surface area contributed by atoms with E-state index in [1.807, 2.05) is 12.1 Å². The maximum atomic E-state index is 12.5. The molecule has 1 unspecified atom stereocenters. The van der Waals surface area contributed by atoms with Crippen LogP contribution in [-0.4, -0.2) is 43.0 Å². The SMILES string of the molecule is CCN1CCOC(C(=O)c2cc3cccc(Cl)c3o2)C1. The van der Waals surface area contributed by atoms with Crippen molar-refractivity contribution < 1.29 is 13.9 Å². The van der Waals surface area contributed by atoms with Gasteiger partial charge in [0.05, 0.1) is 11.6 Å². The van der Waals surface area contributed by atoms with Gasteiger partial charge in [0.25, 0.3) is 0 Å². The van der Waals surface area contributed by atoms with Gasteiger partial charge in [0.15, 0.2) is 11.3 Å². The molecule has 5 heteroatoms. The molecule has 106 valence electrons. The fraction of sp³-hybridized carbons (Fsp3) is 0.400. The maximum Gasteiger partial charge on any atom is 0.227 e. The van der Waals surface area contributed by atoms with E-state index in [4.69, 9.17) is 20.8 Å². The summed E-state index contributed by atoms with van der Waals surface area (Å²) < 4.78 is 11.2. The molecule has 2 heterocycles. The molecule has 20 heavy (non-hydrogen) atoms. The van der Waals surface area contributed by atoms with Gasteiger partial charge in [-0.2, -0.15) is 0 Å². The van der Waals surface area contributed by atoms with Crippen LogP contribution in [0.5, 0.6) is 0 Å². The molecule has 0 N–H and O–H groups in total. The molecule has 0 aliphatic carbocycles. The topological polar surface area (TPSA) is 42.7 Å². The number of fused-ring (bicyclic) bond motifs is 1. The predicted molar refractivity (Wildman–Crippen MR) is 77.4 cm³/mol. The van der Waals surface area contributed by atoms with Crippen LogP contribution in [0, 0.1) is 0 Å². The largest absolute Gasteiger partial charge is 0.451 e. The summed E-state index contributed by atoms with van der Waals surface area (Å²) in [7, 11) is 0. The molecule has 4 nitrogen and oxygen atoms in total. The van der Waals surface area contributed by atoms with E-state index >= 15 is 0 Å². The summed E-state index contributed by atoms with van der Waals surface area (Å²) in [6.07, 6.45) is -0.456. The number of Topliss-reactive ketones (excluding diaryl/α,β-unsaturated/α-hetero) is 1. The molecule has 0 spiro atoms. The Bertz CT molecular complexity index is 637. The number of halogens is 1. The quantitative estimate of drug-likeness (QED) is 0.816. The van der Waals surface area contributed by atoms with E-state index in [1.54, 1.807) is 12.1 Å². The van der Waals surface area contributed by atoms with Crippen LogP contribution in [0.25, 0.3) is 11.0 Å². The standard InChI is InChI=1S/C15H16ClNO3/c1-2-17-6-7-19-13(9-17)14(18)12-8-10-4-3-5-11(16)15(10)20-12/h3-5,8,13H,2,6-7,9H2,1H3. The molecule has 0 radical (unpaired) electrons. The van der Waals surface area contributed by atoms with E-state index in [0.717, 1.165) is 18.5 Å². The summed E-state index contributed by atoms with van der Waals surface area (Å²) in [6.45, 7) is 5.05. The van der Waals surface area contributed by atoms with Crippen molar-refractivity contribution in [2.45, 2.75) is 13.0 Å². The second-order valence-corrected chi connectivity index (χ2v) is 5.29. The van der Waals surface area contributed by atoms with E-state index in [9.17, 15) is 4.79 Å². The lowest BCUT2D eigenvalue weighted by molar-refractivity contribution is -0.0160. The normalized spacial score (nSPS) is 20.4. The smallest absolute Gasteiger partial charge is 0.227 e. The molecule has 0 amide bonds. The fourth-order valence-electron chi connectivity index (χ4n) is 2.46. The molecule has 3 rings (SSSR count). The minimum atomic E-state index is -0.456. The van der Waals surface area contributed by atoms with E-state index in [-0.39, 0.29) is 5.78 Å².